The summed E-state index contributed by atoms with van der Waals surface area (Å²) in [5.41, 5.74) is 4.92. The fourth-order valence-corrected chi connectivity index (χ4v) is 3.44. The van der Waals surface area contributed by atoms with Gasteiger partial charge in [-0.05, 0) is 53.4 Å². The maximum absolute atomic E-state index is 6.19. The molecule has 0 aliphatic heterocycles. The van der Waals surface area contributed by atoms with E-state index in [0.29, 0.717) is 31.6 Å². The van der Waals surface area contributed by atoms with Gasteiger partial charge in [-0.15, -0.1) is 0 Å². The lowest BCUT2D eigenvalue weighted by Crippen LogP contribution is -2.02. The van der Waals surface area contributed by atoms with Crippen molar-refractivity contribution in [3.8, 4) is 28.6 Å². The summed E-state index contributed by atoms with van der Waals surface area (Å²) in [4.78, 5) is 4.70. The monoisotopic (exact) mass is 437 g/mol. The molecular formula is C29H27NO3. The number of hydrogen-bond acceptors (Lipinski definition) is 4. The highest BCUT2D eigenvalue weighted by atomic mass is 16.5. The minimum atomic E-state index is 0.405. The van der Waals surface area contributed by atoms with Crippen molar-refractivity contribution >= 4 is 6.08 Å². The van der Waals surface area contributed by atoms with Gasteiger partial charge in [-0.25, -0.2) is 0 Å². The molecule has 0 amide bonds. The Morgan fingerprint density at radius 2 is 1.42 bits per heavy atom. The first kappa shape index (κ1) is 22.2. The van der Waals surface area contributed by atoms with Crippen molar-refractivity contribution in [1.29, 1.82) is 0 Å². The molecular weight excluding hydrogens is 410 g/mol. The first-order valence-corrected chi connectivity index (χ1v) is 11.0. The van der Waals surface area contributed by atoms with E-state index in [1.807, 2.05) is 97.9 Å². The summed E-state index contributed by atoms with van der Waals surface area (Å²) in [6.07, 6.45) is 1.81. The van der Waals surface area contributed by atoms with Crippen LogP contribution in [0.15, 0.2) is 97.6 Å². The van der Waals surface area contributed by atoms with Crippen LogP contribution in [0.5, 0.6) is 17.5 Å². The average molecular weight is 438 g/mol. The van der Waals surface area contributed by atoms with E-state index in [0.717, 1.165) is 33.6 Å². The molecule has 0 aliphatic rings. The predicted molar refractivity (Wildman–Crippen MR) is 132 cm³/mol. The molecule has 4 nitrogen and oxygen atoms in total. The Bertz CT molecular complexity index is 1190. The van der Waals surface area contributed by atoms with Gasteiger partial charge in [0.2, 0.25) is 11.8 Å². The lowest BCUT2D eigenvalue weighted by Gasteiger charge is -2.15. The van der Waals surface area contributed by atoms with Crippen molar-refractivity contribution in [2.75, 3.05) is 6.61 Å². The van der Waals surface area contributed by atoms with Crippen molar-refractivity contribution < 1.29 is 14.2 Å². The summed E-state index contributed by atoms with van der Waals surface area (Å²) in [6, 6.07) is 29.9. The molecule has 0 saturated carbocycles. The Hall–Kier alpha value is -4.05. The van der Waals surface area contributed by atoms with Crippen LogP contribution >= 0.6 is 0 Å². The van der Waals surface area contributed by atoms with Crippen LogP contribution in [0, 0.1) is 0 Å². The first-order valence-electron chi connectivity index (χ1n) is 11.0. The van der Waals surface area contributed by atoms with Gasteiger partial charge in [-0.2, -0.15) is 4.98 Å². The number of ether oxygens (including phenoxy) is 3. The van der Waals surface area contributed by atoms with Crippen LogP contribution in [-0.4, -0.2) is 11.6 Å². The van der Waals surface area contributed by atoms with E-state index in [1.165, 1.54) is 0 Å². The van der Waals surface area contributed by atoms with Crippen LogP contribution in [0.25, 0.3) is 17.2 Å². The zero-order valence-corrected chi connectivity index (χ0v) is 18.7. The molecule has 1 heterocycles. The highest BCUT2D eigenvalue weighted by Gasteiger charge is 2.13. The molecule has 0 fully saturated rings. The van der Waals surface area contributed by atoms with Crippen LogP contribution in [-0.2, 0) is 13.2 Å². The molecule has 4 heteroatoms. The van der Waals surface area contributed by atoms with E-state index in [4.69, 9.17) is 19.2 Å². The van der Waals surface area contributed by atoms with Crippen molar-refractivity contribution in [3.05, 3.63) is 114 Å². The molecule has 3 aromatic carbocycles. The highest BCUT2D eigenvalue weighted by molar-refractivity contribution is 5.73. The molecule has 0 saturated heterocycles. The Kier molecular flexibility index (Phi) is 7.39. The van der Waals surface area contributed by atoms with E-state index < -0.39 is 0 Å². The summed E-state index contributed by atoms with van der Waals surface area (Å²) >= 11 is 0. The van der Waals surface area contributed by atoms with Gasteiger partial charge in [0.15, 0.2) is 0 Å². The fraction of sp³-hybridized carbons (Fsp3) is 0.138. The number of rotatable bonds is 10. The Morgan fingerprint density at radius 3 is 2.06 bits per heavy atom. The number of nitrogens with zero attached hydrogens (tertiary/aromatic N) is 1. The normalized spacial score (nSPS) is 10.5. The highest BCUT2D eigenvalue weighted by Crippen LogP contribution is 2.34. The fourth-order valence-electron chi connectivity index (χ4n) is 3.44. The quantitative estimate of drug-likeness (QED) is 0.269. The second-order valence-electron chi connectivity index (χ2n) is 7.48. The van der Waals surface area contributed by atoms with Gasteiger partial charge in [0.25, 0.3) is 0 Å². The molecule has 33 heavy (non-hydrogen) atoms. The molecule has 0 bridgehead atoms. The molecule has 0 atom stereocenters. The van der Waals surface area contributed by atoms with Gasteiger partial charge in [0, 0.05) is 11.6 Å². The molecule has 166 valence electrons. The lowest BCUT2D eigenvalue weighted by molar-refractivity contribution is 0.268. The van der Waals surface area contributed by atoms with Gasteiger partial charge in [0.1, 0.15) is 19.0 Å². The van der Waals surface area contributed by atoms with E-state index >= 15 is 0 Å². The number of aromatic nitrogens is 1. The number of hydrogen-bond donors (Lipinski definition) is 0. The van der Waals surface area contributed by atoms with Crippen LogP contribution in [0.1, 0.15) is 23.6 Å². The Balaban J connectivity index is 1.66. The molecule has 0 N–H and O–H groups in total. The summed E-state index contributed by atoms with van der Waals surface area (Å²) in [7, 11) is 0. The third kappa shape index (κ3) is 6.01. The Labute approximate surface area is 195 Å². The van der Waals surface area contributed by atoms with E-state index in [9.17, 15) is 0 Å². The van der Waals surface area contributed by atoms with Crippen LogP contribution in [0.3, 0.4) is 0 Å². The van der Waals surface area contributed by atoms with Crippen molar-refractivity contribution in [2.45, 2.75) is 20.1 Å². The summed E-state index contributed by atoms with van der Waals surface area (Å²) < 4.78 is 17.9. The molecule has 0 spiro atoms. The third-order valence-corrected chi connectivity index (χ3v) is 5.07. The maximum Gasteiger partial charge on any atom is 0.225 e. The SMILES string of the molecule is C=Cc1cc(OCC)cc(-c2ccc(OCc3ccccc3)nc2OCc2ccccc2)c1. The smallest absolute Gasteiger partial charge is 0.225 e. The second-order valence-corrected chi connectivity index (χ2v) is 7.48. The zero-order chi connectivity index (χ0) is 22.9. The molecule has 4 aromatic rings. The van der Waals surface area contributed by atoms with Gasteiger partial charge in [0.05, 0.1) is 6.61 Å². The van der Waals surface area contributed by atoms with E-state index in [-0.39, 0.29) is 0 Å². The average Bonchev–Trinajstić information content (AvgIpc) is 2.87. The van der Waals surface area contributed by atoms with Gasteiger partial charge in [-0.3, -0.25) is 0 Å². The largest absolute Gasteiger partial charge is 0.494 e. The number of benzene rings is 3. The topological polar surface area (TPSA) is 40.6 Å². The predicted octanol–water partition coefficient (Wildman–Crippen LogP) is 6.95. The van der Waals surface area contributed by atoms with E-state index in [1.54, 1.807) is 6.08 Å². The van der Waals surface area contributed by atoms with Crippen LogP contribution in [0.2, 0.25) is 0 Å². The van der Waals surface area contributed by atoms with Crippen molar-refractivity contribution in [3.63, 3.8) is 0 Å². The Morgan fingerprint density at radius 1 is 0.758 bits per heavy atom. The van der Waals surface area contributed by atoms with Gasteiger partial charge >= 0.3 is 0 Å². The molecule has 0 unspecified atom stereocenters. The minimum Gasteiger partial charge on any atom is -0.494 e. The first-order chi connectivity index (χ1) is 16.2. The van der Waals surface area contributed by atoms with Crippen LogP contribution < -0.4 is 14.2 Å². The van der Waals surface area contributed by atoms with E-state index in [2.05, 4.69) is 6.58 Å². The zero-order valence-electron chi connectivity index (χ0n) is 18.7. The summed E-state index contributed by atoms with van der Waals surface area (Å²) in [5.74, 6) is 1.80. The number of pyridine rings is 1. The van der Waals surface area contributed by atoms with Gasteiger partial charge in [-0.1, -0.05) is 73.3 Å². The van der Waals surface area contributed by atoms with Gasteiger partial charge < -0.3 is 14.2 Å². The maximum atomic E-state index is 6.19. The second kappa shape index (κ2) is 11.0. The molecule has 1 aromatic heterocycles. The summed E-state index contributed by atoms with van der Waals surface area (Å²) in [5, 5.41) is 0. The van der Waals surface area contributed by atoms with Crippen LogP contribution in [0.4, 0.5) is 0 Å². The lowest BCUT2D eigenvalue weighted by atomic mass is 10.0. The minimum absolute atomic E-state index is 0.405. The third-order valence-electron chi connectivity index (χ3n) is 5.07. The molecule has 0 aliphatic carbocycles. The van der Waals surface area contributed by atoms with Crippen molar-refractivity contribution in [1.82, 2.24) is 4.98 Å². The molecule has 0 radical (unpaired) electrons. The standard InChI is InChI=1S/C29H27NO3/c1-3-22-17-25(19-26(18-22)31-4-2)27-15-16-28(32-20-23-11-7-5-8-12-23)30-29(27)33-21-24-13-9-6-10-14-24/h3,5-19H,1,4,20-21H2,2H3. The van der Waals surface area contributed by atoms with Crippen molar-refractivity contribution in [2.24, 2.45) is 0 Å². The summed E-state index contributed by atoms with van der Waals surface area (Å²) in [6.45, 7) is 7.30. The molecule has 4 rings (SSSR count).